The van der Waals surface area contributed by atoms with E-state index in [0.29, 0.717) is 18.9 Å². The van der Waals surface area contributed by atoms with Crippen LogP contribution in [0.1, 0.15) is 39.5 Å². The van der Waals surface area contributed by atoms with Crippen LogP contribution in [0.5, 0.6) is 0 Å². The molecule has 0 spiro atoms. The van der Waals surface area contributed by atoms with E-state index in [9.17, 15) is 4.79 Å². The van der Waals surface area contributed by atoms with Crippen molar-refractivity contribution in [1.29, 1.82) is 0 Å². The molecule has 1 aliphatic rings. The molecule has 0 saturated carbocycles. The van der Waals surface area contributed by atoms with Crippen LogP contribution in [0, 0.1) is 5.92 Å². The summed E-state index contributed by atoms with van der Waals surface area (Å²) < 4.78 is 0. The highest BCUT2D eigenvalue weighted by molar-refractivity contribution is 5.82. The molecule has 0 aromatic rings. The number of hydrogen-bond donors (Lipinski definition) is 2. The third-order valence-electron chi connectivity index (χ3n) is 3.67. The molecule has 1 fully saturated rings. The molecule has 1 heterocycles. The summed E-state index contributed by atoms with van der Waals surface area (Å²) in [5, 5.41) is 12.1. The van der Waals surface area contributed by atoms with Crippen LogP contribution >= 0.6 is 0 Å². The highest BCUT2D eigenvalue weighted by atomic mass is 16.3. The molecule has 17 heavy (non-hydrogen) atoms. The SMILES string of the molecule is CCC1CCNC(C(=O)N(CC)CCCO)C1. The lowest BCUT2D eigenvalue weighted by Crippen LogP contribution is -2.50. The van der Waals surface area contributed by atoms with Crippen molar-refractivity contribution in [2.75, 3.05) is 26.2 Å². The fourth-order valence-electron chi connectivity index (χ4n) is 2.46. The highest BCUT2D eigenvalue weighted by Gasteiger charge is 2.28. The summed E-state index contributed by atoms with van der Waals surface area (Å²) in [5.41, 5.74) is 0. The standard InChI is InChI=1S/C13H26N2O2/c1-3-11-6-7-14-12(10-11)13(17)15(4-2)8-5-9-16/h11-12,14,16H,3-10H2,1-2H3. The van der Waals surface area contributed by atoms with Gasteiger partial charge in [0.05, 0.1) is 6.04 Å². The maximum Gasteiger partial charge on any atom is 0.239 e. The first kappa shape index (κ1) is 14.5. The molecule has 2 atom stereocenters. The van der Waals surface area contributed by atoms with Gasteiger partial charge in [-0.2, -0.15) is 0 Å². The number of aliphatic hydroxyl groups is 1. The number of rotatable bonds is 6. The van der Waals surface area contributed by atoms with Crippen LogP contribution in [0.15, 0.2) is 0 Å². The molecule has 1 amide bonds. The lowest BCUT2D eigenvalue weighted by atomic mass is 9.90. The van der Waals surface area contributed by atoms with Crippen molar-refractivity contribution in [1.82, 2.24) is 10.2 Å². The first-order valence-corrected chi connectivity index (χ1v) is 6.85. The van der Waals surface area contributed by atoms with E-state index in [1.54, 1.807) is 0 Å². The average Bonchev–Trinajstić information content (AvgIpc) is 2.39. The van der Waals surface area contributed by atoms with Gasteiger partial charge in [0.2, 0.25) is 5.91 Å². The minimum atomic E-state index is -0.00709. The first-order chi connectivity index (χ1) is 8.22. The molecule has 1 rings (SSSR count). The monoisotopic (exact) mass is 242 g/mol. The molecule has 1 aliphatic heterocycles. The van der Waals surface area contributed by atoms with E-state index in [0.717, 1.165) is 25.9 Å². The minimum absolute atomic E-state index is 0.00709. The normalized spacial score (nSPS) is 24.6. The molecule has 2 unspecified atom stereocenters. The van der Waals surface area contributed by atoms with Crippen molar-refractivity contribution in [2.45, 2.75) is 45.6 Å². The summed E-state index contributed by atoms with van der Waals surface area (Å²) in [6, 6.07) is -0.00709. The summed E-state index contributed by atoms with van der Waals surface area (Å²) in [6.45, 7) is 6.69. The second kappa shape index (κ2) is 7.67. The van der Waals surface area contributed by atoms with Crippen LogP contribution in [0.25, 0.3) is 0 Å². The molecule has 0 aromatic heterocycles. The number of aliphatic hydroxyl groups excluding tert-OH is 1. The van der Waals surface area contributed by atoms with Gasteiger partial charge in [-0.1, -0.05) is 13.3 Å². The van der Waals surface area contributed by atoms with Gasteiger partial charge < -0.3 is 15.3 Å². The Hall–Kier alpha value is -0.610. The molecule has 4 nitrogen and oxygen atoms in total. The van der Waals surface area contributed by atoms with Gasteiger partial charge in [-0.25, -0.2) is 0 Å². The molecule has 0 aliphatic carbocycles. The summed E-state index contributed by atoms with van der Waals surface area (Å²) in [4.78, 5) is 14.1. The van der Waals surface area contributed by atoms with Gasteiger partial charge in [-0.3, -0.25) is 4.79 Å². The Morgan fingerprint density at radius 2 is 2.24 bits per heavy atom. The van der Waals surface area contributed by atoms with E-state index >= 15 is 0 Å². The number of nitrogens with zero attached hydrogens (tertiary/aromatic N) is 1. The van der Waals surface area contributed by atoms with Gasteiger partial charge in [0.1, 0.15) is 0 Å². The third kappa shape index (κ3) is 4.28. The quantitative estimate of drug-likeness (QED) is 0.730. The van der Waals surface area contributed by atoms with E-state index in [1.165, 1.54) is 6.42 Å². The molecule has 0 aromatic carbocycles. The van der Waals surface area contributed by atoms with E-state index in [4.69, 9.17) is 5.11 Å². The molecule has 1 saturated heterocycles. The lowest BCUT2D eigenvalue weighted by molar-refractivity contribution is -0.134. The zero-order valence-corrected chi connectivity index (χ0v) is 11.1. The second-order valence-corrected chi connectivity index (χ2v) is 4.80. The Labute approximate surface area is 104 Å². The fourth-order valence-corrected chi connectivity index (χ4v) is 2.46. The van der Waals surface area contributed by atoms with Gasteiger partial charge in [-0.15, -0.1) is 0 Å². The molecule has 0 bridgehead atoms. The number of amides is 1. The van der Waals surface area contributed by atoms with E-state index in [2.05, 4.69) is 12.2 Å². The number of hydrogen-bond acceptors (Lipinski definition) is 3. The van der Waals surface area contributed by atoms with Crippen LogP contribution in [0.3, 0.4) is 0 Å². The van der Waals surface area contributed by atoms with Gasteiger partial charge in [0.15, 0.2) is 0 Å². The van der Waals surface area contributed by atoms with Crippen LogP contribution < -0.4 is 5.32 Å². The topological polar surface area (TPSA) is 52.6 Å². The summed E-state index contributed by atoms with van der Waals surface area (Å²) in [7, 11) is 0. The van der Waals surface area contributed by atoms with Crippen molar-refractivity contribution < 1.29 is 9.90 Å². The van der Waals surface area contributed by atoms with Gasteiger partial charge in [-0.05, 0) is 38.6 Å². The predicted molar refractivity (Wildman–Crippen MR) is 68.8 cm³/mol. The molecular weight excluding hydrogens is 216 g/mol. The smallest absolute Gasteiger partial charge is 0.239 e. The van der Waals surface area contributed by atoms with E-state index in [1.807, 2.05) is 11.8 Å². The van der Waals surface area contributed by atoms with Crippen LogP contribution in [-0.4, -0.2) is 48.2 Å². The van der Waals surface area contributed by atoms with Crippen molar-refractivity contribution >= 4 is 5.91 Å². The Morgan fingerprint density at radius 1 is 1.47 bits per heavy atom. The highest BCUT2D eigenvalue weighted by Crippen LogP contribution is 2.20. The summed E-state index contributed by atoms with van der Waals surface area (Å²) in [6.07, 6.45) is 3.98. The Morgan fingerprint density at radius 3 is 2.82 bits per heavy atom. The number of carbonyl (C=O) groups is 1. The fraction of sp³-hybridized carbons (Fsp3) is 0.923. The predicted octanol–water partition coefficient (Wildman–Crippen LogP) is 0.995. The molecule has 100 valence electrons. The molecule has 0 radical (unpaired) electrons. The maximum absolute atomic E-state index is 12.3. The largest absolute Gasteiger partial charge is 0.396 e. The van der Waals surface area contributed by atoms with Crippen molar-refractivity contribution in [3.63, 3.8) is 0 Å². The van der Waals surface area contributed by atoms with Crippen molar-refractivity contribution in [3.8, 4) is 0 Å². The number of likely N-dealkylation sites (N-methyl/N-ethyl adjacent to an activating group) is 1. The molecule has 2 N–H and O–H groups in total. The maximum atomic E-state index is 12.3. The van der Waals surface area contributed by atoms with Crippen LogP contribution in [0.2, 0.25) is 0 Å². The Balaban J connectivity index is 2.48. The average molecular weight is 242 g/mol. The molecule has 4 heteroatoms. The van der Waals surface area contributed by atoms with Crippen molar-refractivity contribution in [3.05, 3.63) is 0 Å². The number of carbonyl (C=O) groups excluding carboxylic acids is 1. The van der Waals surface area contributed by atoms with E-state index in [-0.39, 0.29) is 18.6 Å². The second-order valence-electron chi connectivity index (χ2n) is 4.80. The van der Waals surface area contributed by atoms with Gasteiger partial charge in [0, 0.05) is 19.7 Å². The van der Waals surface area contributed by atoms with E-state index < -0.39 is 0 Å². The zero-order chi connectivity index (χ0) is 12.7. The zero-order valence-electron chi connectivity index (χ0n) is 11.1. The molecular formula is C13H26N2O2. The number of nitrogens with one attached hydrogen (secondary N) is 1. The summed E-state index contributed by atoms with van der Waals surface area (Å²) >= 11 is 0. The van der Waals surface area contributed by atoms with Crippen molar-refractivity contribution in [2.24, 2.45) is 5.92 Å². The Bertz CT molecular complexity index is 233. The Kier molecular flexibility index (Phi) is 6.52. The minimum Gasteiger partial charge on any atom is -0.396 e. The number of piperidine rings is 1. The lowest BCUT2D eigenvalue weighted by Gasteiger charge is -2.32. The van der Waals surface area contributed by atoms with Gasteiger partial charge in [0.25, 0.3) is 0 Å². The van der Waals surface area contributed by atoms with Crippen LogP contribution in [-0.2, 0) is 4.79 Å². The van der Waals surface area contributed by atoms with Crippen LogP contribution in [0.4, 0.5) is 0 Å². The third-order valence-corrected chi connectivity index (χ3v) is 3.67. The first-order valence-electron chi connectivity index (χ1n) is 6.85. The van der Waals surface area contributed by atoms with Gasteiger partial charge >= 0.3 is 0 Å². The summed E-state index contributed by atoms with van der Waals surface area (Å²) in [5.74, 6) is 0.890.